The highest BCUT2D eigenvalue weighted by Gasteiger charge is 2.34. The van der Waals surface area contributed by atoms with E-state index in [1.165, 1.54) is 0 Å². The Hall–Kier alpha value is -1.70. The molecule has 0 aliphatic carbocycles. The number of hydrogen-bond donors (Lipinski definition) is 1. The Kier molecular flexibility index (Phi) is 3.46. The van der Waals surface area contributed by atoms with Crippen molar-refractivity contribution in [2.75, 3.05) is 11.9 Å². The van der Waals surface area contributed by atoms with Gasteiger partial charge < -0.3 is 10.1 Å². The van der Waals surface area contributed by atoms with Crippen molar-refractivity contribution in [1.82, 2.24) is 9.97 Å². The summed E-state index contributed by atoms with van der Waals surface area (Å²) < 4.78 is 41.7. The number of ether oxygens (including phenoxy) is 1. The summed E-state index contributed by atoms with van der Waals surface area (Å²) >= 11 is 0. The number of nitrogens with one attached hydrogen (secondary N) is 1. The predicted octanol–water partition coefficient (Wildman–Crippen LogP) is 1.61. The minimum atomic E-state index is -4.59. The van der Waals surface area contributed by atoms with Crippen LogP contribution in [0.3, 0.4) is 0 Å². The van der Waals surface area contributed by atoms with Crippen molar-refractivity contribution in [2.45, 2.75) is 25.1 Å². The Morgan fingerprint density at radius 1 is 1.39 bits per heavy atom. The van der Waals surface area contributed by atoms with Crippen LogP contribution in [-0.2, 0) is 15.7 Å². The normalized spacial score (nSPS) is 19.8. The molecule has 5 nitrogen and oxygen atoms in total. The Balaban J connectivity index is 2.00. The molecule has 0 unspecified atom stereocenters. The van der Waals surface area contributed by atoms with Crippen LogP contribution in [0.15, 0.2) is 12.4 Å². The van der Waals surface area contributed by atoms with E-state index in [-0.39, 0.29) is 5.69 Å². The average Bonchev–Trinajstić information content (AvgIpc) is 2.82. The van der Waals surface area contributed by atoms with Crippen LogP contribution in [0.1, 0.15) is 18.7 Å². The molecule has 0 aromatic carbocycles. The second-order valence-electron chi connectivity index (χ2n) is 3.78. The topological polar surface area (TPSA) is 64.1 Å². The summed E-state index contributed by atoms with van der Waals surface area (Å²) in [5, 5.41) is 2.41. The van der Waals surface area contributed by atoms with Crippen molar-refractivity contribution in [3.05, 3.63) is 18.2 Å². The number of alkyl halides is 3. The van der Waals surface area contributed by atoms with Gasteiger partial charge in [-0.15, -0.1) is 0 Å². The van der Waals surface area contributed by atoms with E-state index in [0.717, 1.165) is 18.8 Å². The molecular formula is C10H10F3N3O2. The molecule has 1 aromatic rings. The first-order valence-electron chi connectivity index (χ1n) is 5.28. The number of carbonyl (C=O) groups excluding carboxylic acids is 1. The molecular weight excluding hydrogens is 251 g/mol. The maximum absolute atomic E-state index is 12.2. The summed E-state index contributed by atoms with van der Waals surface area (Å²) in [6.45, 7) is 0.515. The summed E-state index contributed by atoms with van der Waals surface area (Å²) in [5.41, 5.74) is 0.114. The monoisotopic (exact) mass is 261 g/mol. The molecule has 2 heterocycles. The number of aromatic nitrogens is 2. The van der Waals surface area contributed by atoms with Gasteiger partial charge in [0.15, 0.2) is 0 Å². The van der Waals surface area contributed by atoms with Gasteiger partial charge in [-0.25, -0.2) is 9.97 Å². The highest BCUT2D eigenvalue weighted by molar-refractivity contribution is 5.93. The van der Waals surface area contributed by atoms with E-state index in [1.807, 2.05) is 0 Å². The Morgan fingerprint density at radius 2 is 2.06 bits per heavy atom. The quantitative estimate of drug-likeness (QED) is 0.878. The van der Waals surface area contributed by atoms with Crippen LogP contribution >= 0.6 is 0 Å². The maximum atomic E-state index is 12.2. The smallest absolute Gasteiger partial charge is 0.368 e. The minimum absolute atomic E-state index is 0.114. The summed E-state index contributed by atoms with van der Waals surface area (Å²) in [7, 11) is 0. The number of nitrogens with zero attached hydrogens (tertiary/aromatic N) is 2. The SMILES string of the molecule is O=C(Nc1cnc(C(F)(F)F)nc1)[C@H]1CCCO1. The van der Waals surface area contributed by atoms with Gasteiger partial charge in [0.1, 0.15) is 6.10 Å². The second-order valence-corrected chi connectivity index (χ2v) is 3.78. The van der Waals surface area contributed by atoms with Gasteiger partial charge in [-0.1, -0.05) is 0 Å². The van der Waals surface area contributed by atoms with Crippen LogP contribution in [0.5, 0.6) is 0 Å². The number of hydrogen-bond acceptors (Lipinski definition) is 4. The van der Waals surface area contributed by atoms with Gasteiger partial charge in [0.25, 0.3) is 5.91 Å². The summed E-state index contributed by atoms with van der Waals surface area (Å²) in [6, 6.07) is 0. The maximum Gasteiger partial charge on any atom is 0.451 e. The van der Waals surface area contributed by atoms with E-state index in [2.05, 4.69) is 15.3 Å². The number of carbonyl (C=O) groups is 1. The zero-order valence-electron chi connectivity index (χ0n) is 9.20. The minimum Gasteiger partial charge on any atom is -0.368 e. The van der Waals surface area contributed by atoms with Crippen molar-refractivity contribution in [3.8, 4) is 0 Å². The number of rotatable bonds is 2. The van der Waals surface area contributed by atoms with Gasteiger partial charge in [-0.05, 0) is 12.8 Å². The predicted molar refractivity (Wildman–Crippen MR) is 54.6 cm³/mol. The van der Waals surface area contributed by atoms with E-state index in [0.29, 0.717) is 13.0 Å². The van der Waals surface area contributed by atoms with Gasteiger partial charge in [0.05, 0.1) is 18.1 Å². The fraction of sp³-hybridized carbons (Fsp3) is 0.500. The fourth-order valence-electron chi connectivity index (χ4n) is 1.55. The lowest BCUT2D eigenvalue weighted by molar-refractivity contribution is -0.144. The lowest BCUT2D eigenvalue weighted by atomic mass is 10.2. The lowest BCUT2D eigenvalue weighted by Gasteiger charge is -2.10. The zero-order valence-corrected chi connectivity index (χ0v) is 9.20. The molecule has 1 amide bonds. The second kappa shape index (κ2) is 4.89. The van der Waals surface area contributed by atoms with E-state index < -0.39 is 24.0 Å². The third-order valence-electron chi connectivity index (χ3n) is 2.40. The average molecular weight is 261 g/mol. The van der Waals surface area contributed by atoms with Gasteiger partial charge >= 0.3 is 6.18 Å². The zero-order chi connectivity index (χ0) is 13.2. The van der Waals surface area contributed by atoms with Crippen LogP contribution < -0.4 is 5.32 Å². The molecule has 1 aliphatic heterocycles. The van der Waals surface area contributed by atoms with Crippen LogP contribution in [0, 0.1) is 0 Å². The molecule has 0 bridgehead atoms. The number of halogens is 3. The molecule has 1 saturated heterocycles. The van der Waals surface area contributed by atoms with Crippen molar-refractivity contribution in [3.63, 3.8) is 0 Å². The largest absolute Gasteiger partial charge is 0.451 e. The Labute approximate surface area is 100 Å². The van der Waals surface area contributed by atoms with Crippen molar-refractivity contribution in [2.24, 2.45) is 0 Å². The number of amides is 1. The molecule has 2 rings (SSSR count). The van der Waals surface area contributed by atoms with Crippen molar-refractivity contribution in [1.29, 1.82) is 0 Å². The standard InChI is InChI=1S/C10H10F3N3O2/c11-10(12,13)9-14-4-6(5-15-9)16-8(17)7-2-1-3-18-7/h4-5,7H,1-3H2,(H,16,17)/t7-/m1/s1. The molecule has 1 N–H and O–H groups in total. The molecule has 1 aliphatic rings. The Morgan fingerprint density at radius 3 is 2.56 bits per heavy atom. The third kappa shape index (κ3) is 2.95. The first-order valence-corrected chi connectivity index (χ1v) is 5.28. The molecule has 8 heteroatoms. The molecule has 0 spiro atoms. The fourth-order valence-corrected chi connectivity index (χ4v) is 1.55. The molecule has 0 radical (unpaired) electrons. The molecule has 1 atom stereocenters. The van der Waals surface area contributed by atoms with Gasteiger partial charge in [-0.2, -0.15) is 13.2 Å². The molecule has 1 aromatic heterocycles. The van der Waals surface area contributed by atoms with Gasteiger partial charge in [-0.3, -0.25) is 4.79 Å². The van der Waals surface area contributed by atoms with E-state index in [1.54, 1.807) is 0 Å². The lowest BCUT2D eigenvalue weighted by Crippen LogP contribution is -2.27. The van der Waals surface area contributed by atoms with E-state index in [4.69, 9.17) is 4.74 Å². The molecule has 0 saturated carbocycles. The van der Waals surface area contributed by atoms with Crippen LogP contribution in [0.2, 0.25) is 0 Å². The molecule has 98 valence electrons. The summed E-state index contributed by atoms with van der Waals surface area (Å²) in [6.07, 6.45) is -1.90. The summed E-state index contributed by atoms with van der Waals surface area (Å²) in [5.74, 6) is -1.63. The highest BCUT2D eigenvalue weighted by Crippen LogP contribution is 2.25. The van der Waals surface area contributed by atoms with E-state index in [9.17, 15) is 18.0 Å². The number of anilines is 1. The highest BCUT2D eigenvalue weighted by atomic mass is 19.4. The first-order chi connectivity index (χ1) is 8.47. The third-order valence-corrected chi connectivity index (χ3v) is 2.40. The van der Waals surface area contributed by atoms with Gasteiger partial charge in [0, 0.05) is 6.61 Å². The van der Waals surface area contributed by atoms with Crippen LogP contribution in [0.25, 0.3) is 0 Å². The Bertz CT molecular complexity index is 427. The van der Waals surface area contributed by atoms with Crippen molar-refractivity contribution < 1.29 is 22.7 Å². The van der Waals surface area contributed by atoms with E-state index >= 15 is 0 Å². The molecule has 1 fully saturated rings. The first kappa shape index (κ1) is 12.7. The van der Waals surface area contributed by atoms with Crippen LogP contribution in [-0.4, -0.2) is 28.6 Å². The molecule has 18 heavy (non-hydrogen) atoms. The van der Waals surface area contributed by atoms with Crippen LogP contribution in [0.4, 0.5) is 18.9 Å². The summed E-state index contributed by atoms with van der Waals surface area (Å²) in [4.78, 5) is 17.9. The van der Waals surface area contributed by atoms with Gasteiger partial charge in [0.2, 0.25) is 5.82 Å². The van der Waals surface area contributed by atoms with Crippen molar-refractivity contribution >= 4 is 11.6 Å².